The standard InChI is InChI=1S/C13H18FNO/c1-9-7-10(8-11(14)12(9)16-3)13(2)5-4-6-15-13/h7-8,15H,4-6H2,1-3H3. The average molecular weight is 223 g/mol. The van der Waals surface area contributed by atoms with Gasteiger partial charge in [-0.05, 0) is 50.4 Å². The minimum Gasteiger partial charge on any atom is -0.493 e. The number of methoxy groups -OCH3 is 1. The zero-order valence-electron chi connectivity index (χ0n) is 10.1. The number of ether oxygens (including phenoxy) is 1. The van der Waals surface area contributed by atoms with Gasteiger partial charge in [-0.2, -0.15) is 0 Å². The molecule has 1 aromatic carbocycles. The third kappa shape index (κ3) is 1.80. The van der Waals surface area contributed by atoms with Crippen molar-refractivity contribution >= 4 is 0 Å². The molecular formula is C13H18FNO. The number of benzene rings is 1. The molecule has 1 aliphatic heterocycles. The SMILES string of the molecule is COc1c(C)cc(C2(C)CCCN2)cc1F. The first-order chi connectivity index (χ1) is 7.57. The Kier molecular flexibility index (Phi) is 2.89. The lowest BCUT2D eigenvalue weighted by Gasteiger charge is -2.26. The molecule has 2 nitrogen and oxygen atoms in total. The molecule has 1 N–H and O–H groups in total. The molecule has 88 valence electrons. The quantitative estimate of drug-likeness (QED) is 0.832. The van der Waals surface area contributed by atoms with Crippen LogP contribution in [-0.2, 0) is 5.54 Å². The van der Waals surface area contributed by atoms with Gasteiger partial charge >= 0.3 is 0 Å². The van der Waals surface area contributed by atoms with Gasteiger partial charge in [0.05, 0.1) is 7.11 Å². The Morgan fingerprint density at radius 2 is 2.19 bits per heavy atom. The van der Waals surface area contributed by atoms with E-state index in [1.165, 1.54) is 7.11 Å². The highest BCUT2D eigenvalue weighted by atomic mass is 19.1. The molecule has 1 heterocycles. The Balaban J connectivity index is 2.43. The minimum absolute atomic E-state index is 0.0854. The second kappa shape index (κ2) is 4.06. The lowest BCUT2D eigenvalue weighted by Crippen LogP contribution is -2.33. The van der Waals surface area contributed by atoms with Crippen LogP contribution in [0.3, 0.4) is 0 Å². The van der Waals surface area contributed by atoms with Crippen LogP contribution in [0.5, 0.6) is 5.75 Å². The third-order valence-electron chi connectivity index (χ3n) is 3.44. The van der Waals surface area contributed by atoms with Crippen LogP contribution in [0, 0.1) is 12.7 Å². The van der Waals surface area contributed by atoms with Gasteiger partial charge in [-0.3, -0.25) is 0 Å². The van der Waals surface area contributed by atoms with Gasteiger partial charge in [0.25, 0.3) is 0 Å². The molecule has 1 saturated heterocycles. The summed E-state index contributed by atoms with van der Waals surface area (Å²) in [6.45, 7) is 5.01. The van der Waals surface area contributed by atoms with Crippen molar-refractivity contribution in [1.82, 2.24) is 5.32 Å². The Morgan fingerprint density at radius 3 is 2.69 bits per heavy atom. The summed E-state index contributed by atoms with van der Waals surface area (Å²) in [5.74, 6) is 0.0813. The highest BCUT2D eigenvalue weighted by molar-refractivity contribution is 5.40. The van der Waals surface area contributed by atoms with Crippen LogP contribution in [0.25, 0.3) is 0 Å². The molecule has 0 aromatic heterocycles. The maximum atomic E-state index is 13.8. The molecule has 2 rings (SSSR count). The molecular weight excluding hydrogens is 205 g/mol. The van der Waals surface area contributed by atoms with Crippen molar-refractivity contribution < 1.29 is 9.13 Å². The van der Waals surface area contributed by atoms with Crippen molar-refractivity contribution in [2.75, 3.05) is 13.7 Å². The fraction of sp³-hybridized carbons (Fsp3) is 0.538. The monoisotopic (exact) mass is 223 g/mol. The van der Waals surface area contributed by atoms with Crippen LogP contribution in [0.1, 0.15) is 30.9 Å². The summed E-state index contributed by atoms with van der Waals surface area (Å²) in [6, 6.07) is 3.60. The fourth-order valence-electron chi connectivity index (χ4n) is 2.45. The summed E-state index contributed by atoms with van der Waals surface area (Å²) in [5.41, 5.74) is 1.78. The van der Waals surface area contributed by atoms with Crippen LogP contribution in [0.4, 0.5) is 4.39 Å². The van der Waals surface area contributed by atoms with Crippen LogP contribution >= 0.6 is 0 Å². The van der Waals surface area contributed by atoms with Crippen molar-refractivity contribution in [3.05, 3.63) is 29.1 Å². The molecule has 1 fully saturated rings. The summed E-state index contributed by atoms with van der Waals surface area (Å²) >= 11 is 0. The van der Waals surface area contributed by atoms with E-state index < -0.39 is 0 Å². The van der Waals surface area contributed by atoms with Gasteiger partial charge in [0, 0.05) is 5.54 Å². The van der Waals surface area contributed by atoms with E-state index in [0.717, 1.165) is 30.5 Å². The summed E-state index contributed by atoms with van der Waals surface area (Å²) in [4.78, 5) is 0. The van der Waals surface area contributed by atoms with Crippen molar-refractivity contribution in [2.45, 2.75) is 32.2 Å². The maximum Gasteiger partial charge on any atom is 0.165 e. The predicted molar refractivity (Wildman–Crippen MR) is 62.3 cm³/mol. The van der Waals surface area contributed by atoms with Gasteiger partial charge in [-0.25, -0.2) is 4.39 Å². The fourth-order valence-corrected chi connectivity index (χ4v) is 2.45. The zero-order chi connectivity index (χ0) is 11.8. The van der Waals surface area contributed by atoms with Gasteiger partial charge in [0.15, 0.2) is 11.6 Å². The highest BCUT2D eigenvalue weighted by Crippen LogP contribution is 2.34. The topological polar surface area (TPSA) is 21.3 Å². The van der Waals surface area contributed by atoms with E-state index in [1.54, 1.807) is 6.07 Å². The Morgan fingerprint density at radius 1 is 1.44 bits per heavy atom. The van der Waals surface area contributed by atoms with Crippen molar-refractivity contribution in [3.8, 4) is 5.75 Å². The number of nitrogens with one attached hydrogen (secondary N) is 1. The van der Waals surface area contributed by atoms with Crippen molar-refractivity contribution in [2.24, 2.45) is 0 Å². The number of hydrogen-bond donors (Lipinski definition) is 1. The van der Waals surface area contributed by atoms with Gasteiger partial charge < -0.3 is 10.1 Å². The number of halogens is 1. The molecule has 0 bridgehead atoms. The van der Waals surface area contributed by atoms with Crippen LogP contribution in [0.2, 0.25) is 0 Å². The normalized spacial score (nSPS) is 24.8. The van der Waals surface area contributed by atoms with E-state index in [-0.39, 0.29) is 11.4 Å². The van der Waals surface area contributed by atoms with Crippen molar-refractivity contribution in [1.29, 1.82) is 0 Å². The summed E-state index contributed by atoms with van der Waals surface area (Å²) < 4.78 is 18.8. The van der Waals surface area contributed by atoms with Crippen LogP contribution < -0.4 is 10.1 Å². The molecule has 0 radical (unpaired) electrons. The first kappa shape index (κ1) is 11.4. The minimum atomic E-state index is -0.271. The van der Waals surface area contributed by atoms with E-state index in [9.17, 15) is 4.39 Å². The Bertz CT molecular complexity index is 374. The first-order valence-electron chi connectivity index (χ1n) is 5.66. The average Bonchev–Trinajstić information content (AvgIpc) is 2.66. The first-order valence-corrected chi connectivity index (χ1v) is 5.66. The summed E-state index contributed by atoms with van der Waals surface area (Å²) in [7, 11) is 1.50. The maximum absolute atomic E-state index is 13.8. The van der Waals surface area contributed by atoms with E-state index in [2.05, 4.69) is 12.2 Å². The molecule has 0 amide bonds. The van der Waals surface area contributed by atoms with E-state index in [4.69, 9.17) is 4.74 Å². The smallest absolute Gasteiger partial charge is 0.165 e. The molecule has 1 atom stereocenters. The molecule has 1 aliphatic rings. The molecule has 0 aliphatic carbocycles. The summed E-state index contributed by atoms with van der Waals surface area (Å²) in [6.07, 6.45) is 2.20. The lowest BCUT2D eigenvalue weighted by molar-refractivity contribution is 0.378. The predicted octanol–water partition coefficient (Wildman–Crippen LogP) is 2.74. The van der Waals surface area contributed by atoms with E-state index in [1.807, 2.05) is 13.0 Å². The summed E-state index contributed by atoms with van der Waals surface area (Å²) in [5, 5.41) is 3.43. The zero-order valence-corrected chi connectivity index (χ0v) is 10.1. The van der Waals surface area contributed by atoms with Crippen LogP contribution in [-0.4, -0.2) is 13.7 Å². The Labute approximate surface area is 95.8 Å². The lowest BCUT2D eigenvalue weighted by atomic mass is 9.89. The highest BCUT2D eigenvalue weighted by Gasteiger charge is 2.31. The van der Waals surface area contributed by atoms with Crippen LogP contribution in [0.15, 0.2) is 12.1 Å². The van der Waals surface area contributed by atoms with Crippen molar-refractivity contribution in [3.63, 3.8) is 0 Å². The van der Waals surface area contributed by atoms with E-state index >= 15 is 0 Å². The van der Waals surface area contributed by atoms with Gasteiger partial charge in [-0.15, -0.1) is 0 Å². The Hall–Kier alpha value is -1.09. The number of aryl methyl sites for hydroxylation is 1. The number of hydrogen-bond acceptors (Lipinski definition) is 2. The third-order valence-corrected chi connectivity index (χ3v) is 3.44. The molecule has 16 heavy (non-hydrogen) atoms. The van der Waals surface area contributed by atoms with Gasteiger partial charge in [-0.1, -0.05) is 6.07 Å². The second-order valence-electron chi connectivity index (χ2n) is 4.67. The second-order valence-corrected chi connectivity index (χ2v) is 4.67. The molecule has 0 saturated carbocycles. The van der Waals surface area contributed by atoms with E-state index in [0.29, 0.717) is 5.75 Å². The van der Waals surface area contributed by atoms with Gasteiger partial charge in [0.1, 0.15) is 0 Å². The molecule has 3 heteroatoms. The van der Waals surface area contributed by atoms with Gasteiger partial charge in [0.2, 0.25) is 0 Å². The largest absolute Gasteiger partial charge is 0.493 e. The molecule has 0 spiro atoms. The molecule has 1 unspecified atom stereocenters. The number of rotatable bonds is 2. The molecule has 1 aromatic rings.